The largest absolute Gasteiger partial charge is 0.435 e. The minimum atomic E-state index is -0.512. The highest BCUT2D eigenvalue weighted by molar-refractivity contribution is 5.94. The van der Waals surface area contributed by atoms with Crippen molar-refractivity contribution in [3.05, 3.63) is 107 Å². The second kappa shape index (κ2) is 11.8. The summed E-state index contributed by atoms with van der Waals surface area (Å²) in [6.07, 6.45) is 1.61. The van der Waals surface area contributed by atoms with Crippen molar-refractivity contribution in [3.63, 3.8) is 0 Å². The second-order valence-corrected chi connectivity index (χ2v) is 9.93. The van der Waals surface area contributed by atoms with Gasteiger partial charge >= 0.3 is 0 Å². The lowest BCUT2D eigenvalue weighted by molar-refractivity contribution is 0.0505. The summed E-state index contributed by atoms with van der Waals surface area (Å²) >= 11 is 0. The molecule has 0 unspecified atom stereocenters. The van der Waals surface area contributed by atoms with Gasteiger partial charge in [-0.1, -0.05) is 50.2 Å². The summed E-state index contributed by atoms with van der Waals surface area (Å²) in [4.78, 5) is 15.4. The molecule has 39 heavy (non-hydrogen) atoms. The van der Waals surface area contributed by atoms with Crippen molar-refractivity contribution in [1.29, 1.82) is 0 Å². The average molecular weight is 532 g/mol. The Labute approximate surface area is 226 Å². The Morgan fingerprint density at radius 1 is 1.08 bits per heavy atom. The number of carbonyl (C=O) groups excluding carboxylic acids is 1. The van der Waals surface area contributed by atoms with Crippen LogP contribution in [0, 0.1) is 11.6 Å². The average Bonchev–Trinajstić information content (AvgIpc) is 3.58. The maximum atomic E-state index is 14.8. The van der Waals surface area contributed by atoms with E-state index in [-0.39, 0.29) is 35.8 Å². The second-order valence-electron chi connectivity index (χ2n) is 9.93. The maximum Gasteiger partial charge on any atom is 0.254 e. The van der Waals surface area contributed by atoms with E-state index in [2.05, 4.69) is 0 Å². The number of carbonyl (C=O) groups is 1. The normalized spacial score (nSPS) is 15.1. The first kappa shape index (κ1) is 26.6. The zero-order valence-electron chi connectivity index (χ0n) is 22.0. The van der Waals surface area contributed by atoms with Gasteiger partial charge in [0.15, 0.2) is 11.6 Å². The first-order chi connectivity index (χ1) is 18.9. The smallest absolute Gasteiger partial charge is 0.254 e. The van der Waals surface area contributed by atoms with E-state index < -0.39 is 11.6 Å². The van der Waals surface area contributed by atoms with Gasteiger partial charge in [-0.25, -0.2) is 13.5 Å². The molecule has 4 aromatic rings. The Hall–Kier alpha value is -4.04. The highest BCUT2D eigenvalue weighted by Crippen LogP contribution is 2.36. The number of amides is 1. The van der Waals surface area contributed by atoms with E-state index in [1.807, 2.05) is 44.2 Å². The Balaban J connectivity index is 1.62. The standard InChI is InChI=1S/C31H31F2N3O3/c1-21(2)29-26(20-35(19-25-14-9-17-38-25)30(37)22-10-8-11-23(32)18-22)31(39-28-16-7-6-15-27(28)33)36(34-29)24-12-4-3-5-13-24/h3-8,10-13,15-16,18,21,25H,9,14,17,19-20H2,1-2H3/t25-/m0/s1. The number of rotatable bonds is 9. The van der Waals surface area contributed by atoms with E-state index in [9.17, 15) is 13.6 Å². The van der Waals surface area contributed by atoms with E-state index in [1.54, 1.807) is 33.8 Å². The molecule has 1 aliphatic heterocycles. The van der Waals surface area contributed by atoms with Crippen molar-refractivity contribution in [3.8, 4) is 17.3 Å². The Bertz CT molecular complexity index is 1430. The molecule has 1 aliphatic rings. The number of halogens is 2. The molecule has 1 fully saturated rings. The zero-order valence-corrected chi connectivity index (χ0v) is 22.0. The number of hydrogen-bond donors (Lipinski definition) is 0. The quantitative estimate of drug-likeness (QED) is 0.236. The van der Waals surface area contributed by atoms with Crippen molar-refractivity contribution in [2.24, 2.45) is 0 Å². The molecule has 3 aromatic carbocycles. The number of para-hydroxylation sites is 2. The Kier molecular flexibility index (Phi) is 8.02. The van der Waals surface area contributed by atoms with E-state index in [4.69, 9.17) is 14.6 Å². The fourth-order valence-corrected chi connectivity index (χ4v) is 4.79. The molecule has 5 rings (SSSR count). The van der Waals surface area contributed by atoms with Crippen LogP contribution >= 0.6 is 0 Å². The molecule has 1 amide bonds. The zero-order chi connectivity index (χ0) is 27.4. The van der Waals surface area contributed by atoms with E-state index in [0.717, 1.165) is 24.2 Å². The summed E-state index contributed by atoms with van der Waals surface area (Å²) < 4.78 is 42.5. The number of nitrogens with zero attached hydrogens (tertiary/aromatic N) is 3. The monoisotopic (exact) mass is 531 g/mol. The van der Waals surface area contributed by atoms with Gasteiger partial charge < -0.3 is 14.4 Å². The predicted octanol–water partition coefficient (Wildman–Crippen LogP) is 6.89. The van der Waals surface area contributed by atoms with Gasteiger partial charge in [0.1, 0.15) is 5.82 Å². The molecular weight excluding hydrogens is 500 g/mol. The SMILES string of the molecule is CC(C)c1nn(-c2ccccc2)c(Oc2ccccc2F)c1CN(C[C@@H]1CCCO1)C(=O)c1cccc(F)c1. The molecule has 202 valence electrons. The van der Waals surface area contributed by atoms with Crippen LogP contribution in [0.2, 0.25) is 0 Å². The fourth-order valence-electron chi connectivity index (χ4n) is 4.79. The molecule has 0 spiro atoms. The van der Waals surface area contributed by atoms with Gasteiger partial charge in [-0.2, -0.15) is 5.10 Å². The predicted molar refractivity (Wildman–Crippen MR) is 144 cm³/mol. The molecule has 1 aromatic heterocycles. The Morgan fingerprint density at radius 2 is 1.85 bits per heavy atom. The summed E-state index contributed by atoms with van der Waals surface area (Å²) in [6.45, 7) is 5.10. The number of hydrogen-bond acceptors (Lipinski definition) is 4. The van der Waals surface area contributed by atoms with Crippen molar-refractivity contribution in [2.75, 3.05) is 13.2 Å². The van der Waals surface area contributed by atoms with Crippen molar-refractivity contribution >= 4 is 5.91 Å². The van der Waals surface area contributed by atoms with Gasteiger partial charge in [0.05, 0.1) is 29.6 Å². The van der Waals surface area contributed by atoms with Crippen LogP contribution in [-0.4, -0.2) is 39.8 Å². The van der Waals surface area contributed by atoms with Crippen LogP contribution in [0.3, 0.4) is 0 Å². The van der Waals surface area contributed by atoms with Crippen molar-refractivity contribution in [1.82, 2.24) is 14.7 Å². The van der Waals surface area contributed by atoms with E-state index in [1.165, 1.54) is 24.3 Å². The molecule has 0 N–H and O–H groups in total. The van der Waals surface area contributed by atoms with Gasteiger partial charge in [-0.05, 0) is 61.2 Å². The lowest BCUT2D eigenvalue weighted by Crippen LogP contribution is -2.37. The molecule has 0 radical (unpaired) electrons. The third-order valence-corrected chi connectivity index (χ3v) is 6.71. The molecule has 0 aliphatic carbocycles. The molecule has 1 atom stereocenters. The van der Waals surface area contributed by atoms with Crippen molar-refractivity contribution in [2.45, 2.75) is 45.3 Å². The third kappa shape index (κ3) is 6.01. The van der Waals surface area contributed by atoms with Gasteiger partial charge in [0.25, 0.3) is 5.91 Å². The highest BCUT2D eigenvalue weighted by atomic mass is 19.1. The highest BCUT2D eigenvalue weighted by Gasteiger charge is 2.30. The van der Waals surface area contributed by atoms with E-state index in [0.29, 0.717) is 24.6 Å². The van der Waals surface area contributed by atoms with Crippen LogP contribution in [0.15, 0.2) is 78.9 Å². The van der Waals surface area contributed by atoms with Crippen LogP contribution in [-0.2, 0) is 11.3 Å². The number of ether oxygens (including phenoxy) is 2. The molecule has 0 bridgehead atoms. The lowest BCUT2D eigenvalue weighted by atomic mass is 10.0. The summed E-state index contributed by atoms with van der Waals surface area (Å²) in [7, 11) is 0. The van der Waals surface area contributed by atoms with Gasteiger partial charge in [-0.15, -0.1) is 0 Å². The molecule has 6 nitrogen and oxygen atoms in total. The van der Waals surface area contributed by atoms with Crippen LogP contribution in [0.5, 0.6) is 11.6 Å². The molecule has 1 saturated heterocycles. The minimum absolute atomic E-state index is 0.0261. The van der Waals surface area contributed by atoms with Gasteiger partial charge in [-0.3, -0.25) is 4.79 Å². The fraction of sp³-hybridized carbons (Fsp3) is 0.290. The molecule has 2 heterocycles. The van der Waals surface area contributed by atoms with Crippen LogP contribution < -0.4 is 4.74 Å². The number of benzene rings is 3. The third-order valence-electron chi connectivity index (χ3n) is 6.71. The number of aromatic nitrogens is 2. The van der Waals surface area contributed by atoms with Crippen LogP contribution in [0.25, 0.3) is 5.69 Å². The maximum absolute atomic E-state index is 14.8. The summed E-state index contributed by atoms with van der Waals surface area (Å²) in [5.41, 5.74) is 2.35. The van der Waals surface area contributed by atoms with Crippen molar-refractivity contribution < 1.29 is 23.0 Å². The van der Waals surface area contributed by atoms with Crippen LogP contribution in [0.1, 0.15) is 54.2 Å². The Morgan fingerprint density at radius 3 is 2.54 bits per heavy atom. The summed E-state index contributed by atoms with van der Waals surface area (Å²) in [5.74, 6) is -0.984. The minimum Gasteiger partial charge on any atom is -0.435 e. The van der Waals surface area contributed by atoms with Gasteiger partial charge in [0.2, 0.25) is 5.88 Å². The first-order valence-electron chi connectivity index (χ1n) is 13.2. The van der Waals surface area contributed by atoms with Gasteiger partial charge in [0, 0.05) is 18.7 Å². The molecule has 0 saturated carbocycles. The lowest BCUT2D eigenvalue weighted by Gasteiger charge is -2.26. The first-order valence-corrected chi connectivity index (χ1v) is 13.2. The topological polar surface area (TPSA) is 56.6 Å². The van der Waals surface area contributed by atoms with Crippen LogP contribution in [0.4, 0.5) is 8.78 Å². The molecule has 8 heteroatoms. The summed E-state index contributed by atoms with van der Waals surface area (Å²) in [6, 6.07) is 21.3. The molecular formula is C31H31F2N3O3. The van der Waals surface area contributed by atoms with E-state index >= 15 is 0 Å². The summed E-state index contributed by atoms with van der Waals surface area (Å²) in [5, 5.41) is 4.88.